The van der Waals surface area contributed by atoms with Gasteiger partial charge in [0, 0.05) is 18.5 Å². The fourth-order valence-electron chi connectivity index (χ4n) is 3.27. The molecule has 0 aliphatic rings. The minimum Gasteiger partial charge on any atom is -0.480 e. The van der Waals surface area contributed by atoms with Gasteiger partial charge in [0.1, 0.15) is 6.54 Å². The molecular formula is C24H38N2O4. The van der Waals surface area contributed by atoms with Crippen LogP contribution in [-0.2, 0) is 16.1 Å². The summed E-state index contributed by atoms with van der Waals surface area (Å²) >= 11 is 0. The first-order chi connectivity index (χ1) is 14.5. The Balaban J connectivity index is 2.06. The van der Waals surface area contributed by atoms with Crippen molar-refractivity contribution < 1.29 is 19.5 Å². The quantitative estimate of drug-likeness (QED) is 0.316. The molecule has 1 aromatic carbocycles. The highest BCUT2D eigenvalue weighted by Gasteiger charge is 2.07. The molecule has 6 nitrogen and oxygen atoms in total. The number of carbonyl (C=O) groups is 3. The summed E-state index contributed by atoms with van der Waals surface area (Å²) in [6.07, 6.45) is 14.4. The van der Waals surface area contributed by atoms with Gasteiger partial charge in [-0.2, -0.15) is 0 Å². The molecule has 0 fully saturated rings. The highest BCUT2D eigenvalue weighted by molar-refractivity contribution is 5.95. The number of aliphatic carboxylic acids is 1. The summed E-state index contributed by atoms with van der Waals surface area (Å²) in [5.41, 5.74) is 1.30. The molecule has 168 valence electrons. The molecule has 0 saturated carbocycles. The van der Waals surface area contributed by atoms with Crippen molar-refractivity contribution in [2.24, 2.45) is 0 Å². The Morgan fingerprint density at radius 1 is 0.767 bits per heavy atom. The lowest BCUT2D eigenvalue weighted by Gasteiger charge is -2.07. The average molecular weight is 419 g/mol. The van der Waals surface area contributed by atoms with Gasteiger partial charge in [0.2, 0.25) is 5.91 Å². The van der Waals surface area contributed by atoms with Crippen LogP contribution in [0.3, 0.4) is 0 Å². The molecule has 0 saturated heterocycles. The maximum absolute atomic E-state index is 12.0. The third kappa shape index (κ3) is 13.0. The highest BCUT2D eigenvalue weighted by Crippen LogP contribution is 2.12. The van der Waals surface area contributed by atoms with E-state index >= 15 is 0 Å². The largest absolute Gasteiger partial charge is 0.480 e. The van der Waals surface area contributed by atoms with E-state index in [2.05, 4.69) is 17.6 Å². The average Bonchev–Trinajstić information content (AvgIpc) is 2.74. The molecular weight excluding hydrogens is 380 g/mol. The number of carboxylic acids is 1. The Morgan fingerprint density at radius 2 is 1.30 bits per heavy atom. The van der Waals surface area contributed by atoms with Gasteiger partial charge in [0.15, 0.2) is 0 Å². The lowest BCUT2D eigenvalue weighted by molar-refractivity contribution is -0.135. The number of rotatable bonds is 17. The standard InChI is InChI=1S/C24H38N2O4/c1-2-3-4-5-6-7-8-9-10-11-12-13-22(27)25-18-20-14-16-21(17-15-20)24(30)26-19-23(28)29/h14-17H,2-13,18-19H2,1H3,(H,25,27)(H,26,30)(H,28,29). The van der Waals surface area contributed by atoms with E-state index in [1.807, 2.05) is 0 Å². The molecule has 1 rings (SSSR count). The van der Waals surface area contributed by atoms with Gasteiger partial charge in [-0.1, -0.05) is 83.3 Å². The topological polar surface area (TPSA) is 95.5 Å². The second-order valence-electron chi connectivity index (χ2n) is 7.84. The number of benzene rings is 1. The first-order valence-corrected chi connectivity index (χ1v) is 11.4. The van der Waals surface area contributed by atoms with Crippen LogP contribution < -0.4 is 10.6 Å². The molecule has 0 spiro atoms. The zero-order valence-corrected chi connectivity index (χ0v) is 18.4. The first-order valence-electron chi connectivity index (χ1n) is 11.4. The Morgan fingerprint density at radius 3 is 1.83 bits per heavy atom. The molecule has 0 aliphatic heterocycles. The van der Waals surface area contributed by atoms with E-state index in [0.717, 1.165) is 18.4 Å². The lowest BCUT2D eigenvalue weighted by atomic mass is 10.1. The normalized spacial score (nSPS) is 10.6. The van der Waals surface area contributed by atoms with Crippen LogP contribution in [0.5, 0.6) is 0 Å². The Kier molecular flexibility index (Phi) is 14.1. The molecule has 0 aromatic heterocycles. The third-order valence-corrected chi connectivity index (χ3v) is 5.11. The Hall–Kier alpha value is -2.37. The predicted molar refractivity (Wildman–Crippen MR) is 119 cm³/mol. The monoisotopic (exact) mass is 418 g/mol. The number of carboxylic acid groups (broad SMARTS) is 1. The van der Waals surface area contributed by atoms with Crippen LogP contribution in [0.4, 0.5) is 0 Å². The van der Waals surface area contributed by atoms with Gasteiger partial charge < -0.3 is 15.7 Å². The van der Waals surface area contributed by atoms with Gasteiger partial charge in [-0.15, -0.1) is 0 Å². The number of hydrogen-bond donors (Lipinski definition) is 3. The van der Waals surface area contributed by atoms with Crippen molar-refractivity contribution >= 4 is 17.8 Å². The van der Waals surface area contributed by atoms with Crippen LogP contribution in [-0.4, -0.2) is 29.4 Å². The number of carbonyl (C=O) groups excluding carboxylic acids is 2. The second kappa shape index (κ2) is 16.4. The molecule has 3 N–H and O–H groups in total. The van der Waals surface area contributed by atoms with Crippen LogP contribution in [0.15, 0.2) is 24.3 Å². The minimum atomic E-state index is -1.08. The van der Waals surface area contributed by atoms with Crippen LogP contribution in [0.25, 0.3) is 0 Å². The zero-order chi connectivity index (χ0) is 22.0. The van der Waals surface area contributed by atoms with Gasteiger partial charge in [0.05, 0.1) is 0 Å². The molecule has 1 aromatic rings. The van der Waals surface area contributed by atoms with E-state index in [4.69, 9.17) is 5.11 Å². The van der Waals surface area contributed by atoms with Crippen molar-refractivity contribution in [3.63, 3.8) is 0 Å². The maximum atomic E-state index is 12.0. The summed E-state index contributed by atoms with van der Waals surface area (Å²) in [5, 5.41) is 13.8. The molecule has 6 heteroatoms. The van der Waals surface area contributed by atoms with Crippen LogP contribution in [0, 0.1) is 0 Å². The first kappa shape index (κ1) is 25.7. The summed E-state index contributed by atoms with van der Waals surface area (Å²) in [7, 11) is 0. The summed E-state index contributed by atoms with van der Waals surface area (Å²) in [4.78, 5) is 34.2. The Labute approximate surface area is 180 Å². The summed E-state index contributed by atoms with van der Waals surface area (Å²) in [5.74, 6) is -1.46. The molecule has 0 unspecified atom stereocenters. The summed E-state index contributed by atoms with van der Waals surface area (Å²) in [6, 6.07) is 6.78. The van der Waals surface area contributed by atoms with E-state index in [-0.39, 0.29) is 5.91 Å². The van der Waals surface area contributed by atoms with Gasteiger partial charge in [-0.25, -0.2) is 0 Å². The third-order valence-electron chi connectivity index (χ3n) is 5.11. The van der Waals surface area contributed by atoms with Gasteiger partial charge >= 0.3 is 5.97 Å². The molecule has 0 aliphatic carbocycles. The van der Waals surface area contributed by atoms with E-state index in [1.54, 1.807) is 24.3 Å². The molecule has 0 bridgehead atoms. The lowest BCUT2D eigenvalue weighted by Crippen LogP contribution is -2.29. The van der Waals surface area contributed by atoms with Crippen molar-refractivity contribution in [1.29, 1.82) is 0 Å². The fraction of sp³-hybridized carbons (Fsp3) is 0.625. The van der Waals surface area contributed by atoms with Crippen molar-refractivity contribution in [3.8, 4) is 0 Å². The van der Waals surface area contributed by atoms with E-state index in [0.29, 0.717) is 18.5 Å². The molecule has 0 radical (unpaired) electrons. The second-order valence-corrected chi connectivity index (χ2v) is 7.84. The highest BCUT2D eigenvalue weighted by atomic mass is 16.4. The van der Waals surface area contributed by atoms with Gasteiger partial charge in [0.25, 0.3) is 5.91 Å². The summed E-state index contributed by atoms with van der Waals surface area (Å²) in [6.45, 7) is 2.26. The fourth-order valence-corrected chi connectivity index (χ4v) is 3.27. The number of unbranched alkanes of at least 4 members (excludes halogenated alkanes) is 10. The van der Waals surface area contributed by atoms with Crippen LogP contribution >= 0.6 is 0 Å². The molecule has 2 amide bonds. The van der Waals surface area contributed by atoms with Crippen molar-refractivity contribution in [3.05, 3.63) is 35.4 Å². The molecule has 0 heterocycles. The zero-order valence-electron chi connectivity index (χ0n) is 18.4. The van der Waals surface area contributed by atoms with Crippen molar-refractivity contribution in [2.75, 3.05) is 6.54 Å². The Bertz CT molecular complexity index is 629. The smallest absolute Gasteiger partial charge is 0.322 e. The number of nitrogens with one attached hydrogen (secondary N) is 2. The number of amides is 2. The maximum Gasteiger partial charge on any atom is 0.322 e. The van der Waals surface area contributed by atoms with Gasteiger partial charge in [-0.3, -0.25) is 14.4 Å². The van der Waals surface area contributed by atoms with Crippen molar-refractivity contribution in [2.45, 2.75) is 90.5 Å². The van der Waals surface area contributed by atoms with E-state index < -0.39 is 18.4 Å². The van der Waals surface area contributed by atoms with Crippen LogP contribution in [0.2, 0.25) is 0 Å². The number of hydrogen-bond acceptors (Lipinski definition) is 3. The van der Waals surface area contributed by atoms with E-state index in [9.17, 15) is 14.4 Å². The summed E-state index contributed by atoms with van der Waals surface area (Å²) < 4.78 is 0. The SMILES string of the molecule is CCCCCCCCCCCCCC(=O)NCc1ccc(C(=O)NCC(=O)O)cc1. The molecule has 0 atom stereocenters. The van der Waals surface area contributed by atoms with Crippen molar-refractivity contribution in [1.82, 2.24) is 10.6 Å². The van der Waals surface area contributed by atoms with Gasteiger partial charge in [-0.05, 0) is 24.1 Å². The predicted octanol–water partition coefficient (Wildman–Crippen LogP) is 4.82. The molecule has 30 heavy (non-hydrogen) atoms. The minimum absolute atomic E-state index is 0.0502. The van der Waals surface area contributed by atoms with Crippen LogP contribution in [0.1, 0.15) is 99.9 Å². The van der Waals surface area contributed by atoms with E-state index in [1.165, 1.54) is 57.8 Å².